The van der Waals surface area contributed by atoms with Crippen LogP contribution in [0.15, 0.2) is 24.3 Å². The number of fused-ring (bicyclic) bond motifs is 1. The fraction of sp³-hybridized carbons (Fsp3) is 0.647. The molecule has 2 unspecified atom stereocenters. The van der Waals surface area contributed by atoms with Crippen LogP contribution in [0.3, 0.4) is 0 Å². The monoisotopic (exact) mass is 306 g/mol. The summed E-state index contributed by atoms with van der Waals surface area (Å²) < 4.78 is 5.32. The Kier molecular flexibility index (Phi) is 5.10. The topological polar surface area (TPSA) is 65.0 Å². The largest absolute Gasteiger partial charge is 0.394 e. The third kappa shape index (κ3) is 3.34. The summed E-state index contributed by atoms with van der Waals surface area (Å²) in [6.07, 6.45) is 1.42. The molecule has 0 spiro atoms. The summed E-state index contributed by atoms with van der Waals surface area (Å²) in [5.41, 5.74) is 2.07. The van der Waals surface area contributed by atoms with Crippen molar-refractivity contribution >= 4 is 0 Å². The van der Waals surface area contributed by atoms with Crippen LogP contribution in [0.25, 0.3) is 0 Å². The number of β-amino-alcohol motifs (C(OH)–C–C–N with tert-alkyl or cyclic N) is 1. The van der Waals surface area contributed by atoms with Crippen LogP contribution >= 0.6 is 0 Å². The zero-order chi connectivity index (χ0) is 15.4. The van der Waals surface area contributed by atoms with Crippen LogP contribution in [0.4, 0.5) is 0 Å². The molecule has 122 valence electrons. The predicted molar refractivity (Wildman–Crippen MR) is 84.8 cm³/mol. The Hall–Kier alpha value is -0.980. The number of hydrogen-bond donors (Lipinski definition) is 3. The molecule has 2 atom stereocenters. The summed E-state index contributed by atoms with van der Waals surface area (Å²) in [4.78, 5) is 2.23. The Balaban J connectivity index is 1.57. The quantitative estimate of drug-likeness (QED) is 0.696. The van der Waals surface area contributed by atoms with Gasteiger partial charge in [-0.3, -0.25) is 4.90 Å². The van der Waals surface area contributed by atoms with Gasteiger partial charge in [0.05, 0.1) is 31.5 Å². The molecule has 5 nitrogen and oxygen atoms in total. The van der Waals surface area contributed by atoms with Gasteiger partial charge in [-0.1, -0.05) is 24.3 Å². The van der Waals surface area contributed by atoms with Gasteiger partial charge in [-0.25, -0.2) is 0 Å². The van der Waals surface area contributed by atoms with Gasteiger partial charge in [-0.2, -0.15) is 0 Å². The molecule has 1 aliphatic heterocycles. The number of nitrogens with one attached hydrogen (secondary N) is 1. The first-order valence-electron chi connectivity index (χ1n) is 8.16. The van der Waals surface area contributed by atoms with E-state index in [4.69, 9.17) is 4.74 Å². The van der Waals surface area contributed by atoms with Gasteiger partial charge in [0.1, 0.15) is 0 Å². The Morgan fingerprint density at radius 1 is 1.27 bits per heavy atom. The fourth-order valence-electron chi connectivity index (χ4n) is 3.55. The van der Waals surface area contributed by atoms with E-state index in [1.54, 1.807) is 0 Å². The molecule has 1 fully saturated rings. The van der Waals surface area contributed by atoms with E-state index >= 15 is 0 Å². The molecule has 0 aromatic heterocycles. The van der Waals surface area contributed by atoms with Crippen molar-refractivity contribution in [3.05, 3.63) is 35.4 Å². The van der Waals surface area contributed by atoms with Crippen molar-refractivity contribution in [3.8, 4) is 0 Å². The van der Waals surface area contributed by atoms with Gasteiger partial charge < -0.3 is 20.3 Å². The van der Waals surface area contributed by atoms with Gasteiger partial charge in [0.2, 0.25) is 0 Å². The Morgan fingerprint density at radius 3 is 2.82 bits per heavy atom. The first kappa shape index (κ1) is 15.9. The second kappa shape index (κ2) is 7.06. The van der Waals surface area contributed by atoms with Crippen molar-refractivity contribution in [1.82, 2.24) is 10.2 Å². The molecule has 0 amide bonds. The van der Waals surface area contributed by atoms with E-state index in [-0.39, 0.29) is 6.61 Å². The molecule has 0 bridgehead atoms. The summed E-state index contributed by atoms with van der Waals surface area (Å²) in [5, 5.41) is 23.7. The second-order valence-corrected chi connectivity index (χ2v) is 6.35. The van der Waals surface area contributed by atoms with Crippen molar-refractivity contribution < 1.29 is 14.9 Å². The summed E-state index contributed by atoms with van der Waals surface area (Å²) in [5.74, 6) is 0. The number of rotatable bonds is 6. The number of nitrogens with zero attached hydrogens (tertiary/aromatic N) is 1. The van der Waals surface area contributed by atoms with Crippen molar-refractivity contribution in [2.75, 3.05) is 46.0 Å². The molecular weight excluding hydrogens is 280 g/mol. The van der Waals surface area contributed by atoms with Gasteiger partial charge >= 0.3 is 0 Å². The van der Waals surface area contributed by atoms with Crippen LogP contribution in [0, 0.1) is 0 Å². The Morgan fingerprint density at radius 2 is 2.05 bits per heavy atom. The van der Waals surface area contributed by atoms with E-state index in [2.05, 4.69) is 22.3 Å². The van der Waals surface area contributed by atoms with Crippen LogP contribution in [0.5, 0.6) is 0 Å². The average molecular weight is 306 g/mol. The normalized spacial score (nSPS) is 26.8. The maximum Gasteiger partial charge on any atom is 0.0791 e. The van der Waals surface area contributed by atoms with Gasteiger partial charge in [0.15, 0.2) is 0 Å². The Labute approximate surface area is 131 Å². The molecule has 2 aliphatic rings. The number of aryl methyl sites for hydroxylation is 1. The van der Waals surface area contributed by atoms with Crippen molar-refractivity contribution in [3.63, 3.8) is 0 Å². The third-order valence-electron chi connectivity index (χ3n) is 4.87. The second-order valence-electron chi connectivity index (χ2n) is 6.35. The lowest BCUT2D eigenvalue weighted by Gasteiger charge is -2.33. The summed E-state index contributed by atoms with van der Waals surface area (Å²) in [7, 11) is 0. The smallest absolute Gasteiger partial charge is 0.0791 e. The van der Waals surface area contributed by atoms with Crippen LogP contribution in [0.2, 0.25) is 0 Å². The van der Waals surface area contributed by atoms with Gasteiger partial charge in [-0.05, 0) is 24.0 Å². The highest BCUT2D eigenvalue weighted by Gasteiger charge is 2.37. The van der Waals surface area contributed by atoms with E-state index in [9.17, 15) is 10.2 Å². The standard InChI is InChI=1S/C17H26N2O3/c20-13-17(6-5-14-3-1-2-4-16(14)17)18-11-15(21)12-19-7-9-22-10-8-19/h1-4,15,18,20-21H,5-13H2. The zero-order valence-corrected chi connectivity index (χ0v) is 13.0. The fourth-order valence-corrected chi connectivity index (χ4v) is 3.55. The minimum absolute atomic E-state index is 0.0638. The predicted octanol–water partition coefficient (Wildman–Crippen LogP) is 0.103. The summed E-state index contributed by atoms with van der Waals surface area (Å²) in [6, 6.07) is 8.26. The number of ether oxygens (including phenoxy) is 1. The molecule has 1 saturated heterocycles. The van der Waals surface area contributed by atoms with E-state index in [1.807, 2.05) is 12.1 Å². The van der Waals surface area contributed by atoms with Gasteiger partial charge in [0, 0.05) is 26.2 Å². The first-order valence-corrected chi connectivity index (χ1v) is 8.16. The highest BCUT2D eigenvalue weighted by atomic mass is 16.5. The van der Waals surface area contributed by atoms with Crippen molar-refractivity contribution in [2.45, 2.75) is 24.5 Å². The maximum absolute atomic E-state index is 10.3. The summed E-state index contributed by atoms with van der Waals surface area (Å²) >= 11 is 0. The SMILES string of the molecule is OCC1(NCC(O)CN2CCOCC2)CCc2ccccc21. The molecule has 1 aromatic rings. The highest BCUT2D eigenvalue weighted by molar-refractivity contribution is 5.38. The maximum atomic E-state index is 10.3. The van der Waals surface area contributed by atoms with Gasteiger partial charge in [0.25, 0.3) is 0 Å². The van der Waals surface area contributed by atoms with Gasteiger partial charge in [-0.15, -0.1) is 0 Å². The minimum atomic E-state index is -0.436. The van der Waals surface area contributed by atoms with Crippen molar-refractivity contribution in [2.24, 2.45) is 0 Å². The molecule has 3 N–H and O–H groups in total. The van der Waals surface area contributed by atoms with E-state index < -0.39 is 11.6 Å². The average Bonchev–Trinajstić information content (AvgIpc) is 2.93. The number of hydrogen-bond acceptors (Lipinski definition) is 5. The first-order chi connectivity index (χ1) is 10.7. The lowest BCUT2D eigenvalue weighted by molar-refractivity contribution is 0.0122. The number of aliphatic hydroxyl groups is 2. The third-order valence-corrected chi connectivity index (χ3v) is 4.87. The van der Waals surface area contributed by atoms with E-state index in [0.717, 1.165) is 39.1 Å². The summed E-state index contributed by atoms with van der Waals surface area (Å²) in [6.45, 7) is 4.46. The number of aliphatic hydroxyl groups excluding tert-OH is 2. The van der Waals surface area contributed by atoms with Crippen LogP contribution < -0.4 is 5.32 Å². The number of morpholine rings is 1. The molecular formula is C17H26N2O3. The molecule has 0 saturated carbocycles. The molecule has 1 heterocycles. The zero-order valence-electron chi connectivity index (χ0n) is 13.0. The molecule has 5 heteroatoms. The molecule has 1 aliphatic carbocycles. The van der Waals surface area contributed by atoms with Crippen molar-refractivity contribution in [1.29, 1.82) is 0 Å². The highest BCUT2D eigenvalue weighted by Crippen LogP contribution is 2.36. The minimum Gasteiger partial charge on any atom is -0.394 e. The van der Waals surface area contributed by atoms with E-state index in [1.165, 1.54) is 11.1 Å². The van der Waals surface area contributed by atoms with Crippen LogP contribution in [-0.4, -0.2) is 67.2 Å². The lowest BCUT2D eigenvalue weighted by atomic mass is 9.92. The van der Waals surface area contributed by atoms with Crippen LogP contribution in [-0.2, 0) is 16.7 Å². The lowest BCUT2D eigenvalue weighted by Crippen LogP contribution is -2.50. The molecule has 22 heavy (non-hydrogen) atoms. The van der Waals surface area contributed by atoms with E-state index in [0.29, 0.717) is 13.1 Å². The molecule has 0 radical (unpaired) electrons. The Bertz CT molecular complexity index is 491. The molecule has 1 aromatic carbocycles. The number of benzene rings is 1. The molecule has 3 rings (SSSR count). The van der Waals surface area contributed by atoms with Crippen LogP contribution in [0.1, 0.15) is 17.5 Å².